The molecule has 1 heterocycles. The van der Waals surface area contributed by atoms with Crippen molar-refractivity contribution in [3.63, 3.8) is 0 Å². The molecule has 0 saturated carbocycles. The highest BCUT2D eigenvalue weighted by Crippen LogP contribution is 2.34. The predicted molar refractivity (Wildman–Crippen MR) is 73.3 cm³/mol. The molecule has 2 nitrogen and oxygen atoms in total. The SMILES string of the molecule is CN1CCCC1CNc1ccc(C(F)(F)F)cc1Br. The third kappa shape index (κ3) is 3.63. The normalized spacial score (nSPS) is 20.8. The van der Waals surface area contributed by atoms with E-state index in [1.165, 1.54) is 12.5 Å². The number of anilines is 1. The van der Waals surface area contributed by atoms with Crippen molar-refractivity contribution in [3.05, 3.63) is 28.2 Å². The van der Waals surface area contributed by atoms with Crippen molar-refractivity contribution in [1.82, 2.24) is 4.90 Å². The van der Waals surface area contributed by atoms with E-state index in [2.05, 4.69) is 33.2 Å². The van der Waals surface area contributed by atoms with Gasteiger partial charge in [0.1, 0.15) is 0 Å². The molecule has 6 heteroatoms. The van der Waals surface area contributed by atoms with Crippen LogP contribution in [0.1, 0.15) is 18.4 Å². The largest absolute Gasteiger partial charge is 0.416 e. The summed E-state index contributed by atoms with van der Waals surface area (Å²) in [5.41, 5.74) is 0.0659. The molecule has 1 N–H and O–H groups in total. The molecule has 2 rings (SSSR count). The Morgan fingerprint density at radius 3 is 2.68 bits per heavy atom. The second-order valence-electron chi connectivity index (χ2n) is 4.85. The molecule has 1 fully saturated rings. The lowest BCUT2D eigenvalue weighted by Crippen LogP contribution is -2.31. The molecule has 1 saturated heterocycles. The maximum absolute atomic E-state index is 12.5. The van der Waals surface area contributed by atoms with Crippen LogP contribution >= 0.6 is 15.9 Å². The maximum Gasteiger partial charge on any atom is 0.416 e. The fraction of sp³-hybridized carbons (Fsp3) is 0.538. The van der Waals surface area contributed by atoms with Gasteiger partial charge in [-0.1, -0.05) is 0 Å². The zero-order valence-electron chi connectivity index (χ0n) is 10.6. The first-order valence-electron chi connectivity index (χ1n) is 6.19. The van der Waals surface area contributed by atoms with Crippen LogP contribution in [0.3, 0.4) is 0 Å². The van der Waals surface area contributed by atoms with Crippen LogP contribution in [-0.2, 0) is 6.18 Å². The van der Waals surface area contributed by atoms with E-state index in [9.17, 15) is 13.2 Å². The third-order valence-corrected chi connectivity index (χ3v) is 4.15. The van der Waals surface area contributed by atoms with Crippen molar-refractivity contribution >= 4 is 21.6 Å². The monoisotopic (exact) mass is 336 g/mol. The summed E-state index contributed by atoms with van der Waals surface area (Å²) in [5, 5.41) is 3.21. The zero-order chi connectivity index (χ0) is 14.0. The van der Waals surface area contributed by atoms with Gasteiger partial charge in [-0.05, 0) is 60.6 Å². The fourth-order valence-corrected chi connectivity index (χ4v) is 2.82. The van der Waals surface area contributed by atoms with E-state index in [4.69, 9.17) is 0 Å². The summed E-state index contributed by atoms with van der Waals surface area (Å²) < 4.78 is 38.1. The minimum Gasteiger partial charge on any atom is -0.383 e. The molecule has 1 aromatic rings. The van der Waals surface area contributed by atoms with Gasteiger partial charge in [-0.25, -0.2) is 0 Å². The van der Waals surface area contributed by atoms with Crippen LogP contribution in [-0.4, -0.2) is 31.1 Å². The van der Waals surface area contributed by atoms with Gasteiger partial charge >= 0.3 is 6.18 Å². The topological polar surface area (TPSA) is 15.3 Å². The van der Waals surface area contributed by atoms with Crippen LogP contribution in [0.25, 0.3) is 0 Å². The molecular weight excluding hydrogens is 321 g/mol. The number of alkyl halides is 3. The van der Waals surface area contributed by atoms with Crippen LogP contribution in [0.15, 0.2) is 22.7 Å². The quantitative estimate of drug-likeness (QED) is 0.898. The Labute approximate surface area is 119 Å². The predicted octanol–water partition coefficient (Wildman–Crippen LogP) is 3.97. The Morgan fingerprint density at radius 2 is 2.16 bits per heavy atom. The first-order chi connectivity index (χ1) is 8.88. The van der Waals surface area contributed by atoms with E-state index in [0.29, 0.717) is 16.2 Å². The van der Waals surface area contributed by atoms with E-state index >= 15 is 0 Å². The number of hydrogen-bond donors (Lipinski definition) is 1. The van der Waals surface area contributed by atoms with Gasteiger partial charge in [0, 0.05) is 22.7 Å². The Hall–Kier alpha value is -0.750. The average Bonchev–Trinajstić information content (AvgIpc) is 2.72. The number of hydrogen-bond acceptors (Lipinski definition) is 2. The molecule has 0 aliphatic carbocycles. The summed E-state index contributed by atoms with van der Waals surface area (Å²) in [4.78, 5) is 2.27. The second kappa shape index (κ2) is 5.71. The third-order valence-electron chi connectivity index (χ3n) is 3.50. The van der Waals surface area contributed by atoms with Crippen LogP contribution in [0, 0.1) is 0 Å². The van der Waals surface area contributed by atoms with Crippen LogP contribution < -0.4 is 5.32 Å². The number of nitrogens with zero attached hydrogens (tertiary/aromatic N) is 1. The number of nitrogens with one attached hydrogen (secondary N) is 1. The maximum atomic E-state index is 12.5. The lowest BCUT2D eigenvalue weighted by atomic mass is 10.2. The van der Waals surface area contributed by atoms with Crippen LogP contribution in [0.2, 0.25) is 0 Å². The summed E-state index contributed by atoms with van der Waals surface area (Å²) in [5.74, 6) is 0. The van der Waals surface area contributed by atoms with Crippen molar-refractivity contribution in [3.8, 4) is 0 Å². The summed E-state index contributed by atoms with van der Waals surface area (Å²) in [7, 11) is 2.07. The van der Waals surface area contributed by atoms with Gasteiger partial charge in [0.15, 0.2) is 0 Å². The molecule has 1 unspecified atom stereocenters. The summed E-state index contributed by atoms with van der Waals surface area (Å²) in [6.07, 6.45) is -1.99. The number of benzene rings is 1. The highest BCUT2D eigenvalue weighted by Gasteiger charge is 2.30. The van der Waals surface area contributed by atoms with Gasteiger partial charge in [-0.15, -0.1) is 0 Å². The molecular formula is C13H16BrF3N2. The summed E-state index contributed by atoms with van der Waals surface area (Å²) in [6, 6.07) is 4.14. The fourth-order valence-electron chi connectivity index (χ4n) is 2.30. The van der Waals surface area contributed by atoms with E-state index in [1.54, 1.807) is 0 Å². The Morgan fingerprint density at radius 1 is 1.42 bits per heavy atom. The molecule has 1 aromatic carbocycles. The van der Waals surface area contributed by atoms with Crippen molar-refractivity contribution in [1.29, 1.82) is 0 Å². The molecule has 0 spiro atoms. The molecule has 0 aromatic heterocycles. The summed E-state index contributed by atoms with van der Waals surface area (Å²) in [6.45, 7) is 1.83. The van der Waals surface area contributed by atoms with E-state index in [0.717, 1.165) is 31.6 Å². The van der Waals surface area contributed by atoms with Gasteiger partial charge in [0.2, 0.25) is 0 Å². The molecule has 1 aliphatic heterocycles. The Kier molecular flexibility index (Phi) is 4.40. The van der Waals surface area contributed by atoms with Crippen molar-refractivity contribution in [2.45, 2.75) is 25.1 Å². The van der Waals surface area contributed by atoms with Crippen LogP contribution in [0.5, 0.6) is 0 Å². The lowest BCUT2D eigenvalue weighted by molar-refractivity contribution is -0.137. The smallest absolute Gasteiger partial charge is 0.383 e. The second-order valence-corrected chi connectivity index (χ2v) is 5.70. The minimum atomic E-state index is -4.30. The molecule has 19 heavy (non-hydrogen) atoms. The minimum absolute atomic E-state index is 0.447. The molecule has 106 valence electrons. The zero-order valence-corrected chi connectivity index (χ0v) is 12.2. The number of likely N-dealkylation sites (N-methyl/N-ethyl adjacent to an activating group) is 1. The highest BCUT2D eigenvalue weighted by atomic mass is 79.9. The average molecular weight is 337 g/mol. The molecule has 0 amide bonds. The van der Waals surface area contributed by atoms with E-state index in [-0.39, 0.29) is 0 Å². The van der Waals surface area contributed by atoms with Crippen LogP contribution in [0.4, 0.5) is 18.9 Å². The Balaban J connectivity index is 2.01. The van der Waals surface area contributed by atoms with Gasteiger partial charge < -0.3 is 10.2 Å². The standard InChI is InChI=1S/C13H16BrF3N2/c1-19-6-2-3-10(19)8-18-12-5-4-9(7-11(12)14)13(15,16)17/h4-5,7,10,18H,2-3,6,8H2,1H3. The van der Waals surface area contributed by atoms with Crippen molar-refractivity contribution in [2.24, 2.45) is 0 Å². The Bertz CT molecular complexity index is 448. The van der Waals surface area contributed by atoms with E-state index < -0.39 is 11.7 Å². The lowest BCUT2D eigenvalue weighted by Gasteiger charge is -2.21. The van der Waals surface area contributed by atoms with Crippen molar-refractivity contribution < 1.29 is 13.2 Å². The summed E-state index contributed by atoms with van der Waals surface area (Å²) >= 11 is 3.19. The van der Waals surface area contributed by atoms with Crippen molar-refractivity contribution in [2.75, 3.05) is 25.5 Å². The molecule has 0 bridgehead atoms. The molecule has 0 radical (unpaired) electrons. The van der Waals surface area contributed by atoms with E-state index in [1.807, 2.05) is 0 Å². The number of halogens is 4. The first-order valence-corrected chi connectivity index (χ1v) is 6.98. The van der Waals surface area contributed by atoms with Gasteiger partial charge in [0.05, 0.1) is 5.56 Å². The number of rotatable bonds is 3. The van der Waals surface area contributed by atoms with Gasteiger partial charge in [-0.2, -0.15) is 13.2 Å². The number of likely N-dealkylation sites (tertiary alicyclic amines) is 1. The first kappa shape index (κ1) is 14.7. The molecule has 1 aliphatic rings. The van der Waals surface area contributed by atoms with Gasteiger partial charge in [0.25, 0.3) is 0 Å². The van der Waals surface area contributed by atoms with Gasteiger partial charge in [-0.3, -0.25) is 0 Å². The highest BCUT2D eigenvalue weighted by molar-refractivity contribution is 9.10. The molecule has 1 atom stereocenters.